The summed E-state index contributed by atoms with van der Waals surface area (Å²) in [5.41, 5.74) is -0.346. The topological polar surface area (TPSA) is 39.4 Å². The molecule has 0 radical (unpaired) electrons. The largest absolute Gasteiger partial charge is 0.493 e. The van der Waals surface area contributed by atoms with Crippen molar-refractivity contribution in [1.29, 1.82) is 0 Å². The highest BCUT2D eigenvalue weighted by Crippen LogP contribution is 2.10. The van der Waals surface area contributed by atoms with Crippen LogP contribution in [0.2, 0.25) is 0 Å². The van der Waals surface area contributed by atoms with E-state index in [1.807, 2.05) is 0 Å². The first-order chi connectivity index (χ1) is 7.72. The van der Waals surface area contributed by atoms with Crippen LogP contribution in [-0.4, -0.2) is 6.61 Å². The minimum Gasteiger partial charge on any atom is -0.493 e. The van der Waals surface area contributed by atoms with Crippen LogP contribution in [0.5, 0.6) is 5.75 Å². The molecule has 0 aliphatic rings. The minimum atomic E-state index is -0.346. The molecular formula is C13H20O3. The lowest BCUT2D eigenvalue weighted by Gasteiger charge is -2.05. The molecule has 0 saturated heterocycles. The van der Waals surface area contributed by atoms with Crippen LogP contribution in [-0.2, 0) is 0 Å². The summed E-state index contributed by atoms with van der Waals surface area (Å²) in [6.45, 7) is 4.62. The Morgan fingerprint density at radius 3 is 2.62 bits per heavy atom. The van der Waals surface area contributed by atoms with E-state index >= 15 is 0 Å². The van der Waals surface area contributed by atoms with Gasteiger partial charge < -0.3 is 9.15 Å². The summed E-state index contributed by atoms with van der Waals surface area (Å²) in [5.74, 6) is 1.21. The molecule has 1 aromatic heterocycles. The molecule has 0 aromatic carbocycles. The van der Waals surface area contributed by atoms with E-state index in [-0.39, 0.29) is 5.63 Å². The lowest BCUT2D eigenvalue weighted by molar-refractivity contribution is 0.299. The van der Waals surface area contributed by atoms with Crippen LogP contribution in [0.25, 0.3) is 0 Å². The van der Waals surface area contributed by atoms with Crippen molar-refractivity contribution in [3.05, 3.63) is 28.3 Å². The highest BCUT2D eigenvalue weighted by molar-refractivity contribution is 5.19. The van der Waals surface area contributed by atoms with Crippen molar-refractivity contribution in [2.24, 2.45) is 0 Å². The summed E-state index contributed by atoms with van der Waals surface area (Å²) in [6.07, 6.45) is 6.02. The van der Waals surface area contributed by atoms with Gasteiger partial charge in [0.2, 0.25) is 0 Å². The fourth-order valence-electron chi connectivity index (χ4n) is 1.55. The van der Waals surface area contributed by atoms with Gasteiger partial charge in [-0.05, 0) is 13.3 Å². The van der Waals surface area contributed by atoms with Crippen LogP contribution in [0.3, 0.4) is 0 Å². The van der Waals surface area contributed by atoms with Gasteiger partial charge in [-0.1, -0.05) is 32.6 Å². The molecule has 90 valence electrons. The molecule has 3 nitrogen and oxygen atoms in total. The van der Waals surface area contributed by atoms with Gasteiger partial charge in [-0.3, -0.25) is 0 Å². The van der Waals surface area contributed by atoms with Crippen LogP contribution in [0.1, 0.15) is 44.8 Å². The molecule has 0 saturated carbocycles. The van der Waals surface area contributed by atoms with Crippen LogP contribution >= 0.6 is 0 Å². The number of hydrogen-bond donors (Lipinski definition) is 0. The highest BCUT2D eigenvalue weighted by atomic mass is 16.5. The molecule has 0 aliphatic heterocycles. The average Bonchev–Trinajstić information content (AvgIpc) is 2.22. The summed E-state index contributed by atoms with van der Waals surface area (Å²) < 4.78 is 10.3. The van der Waals surface area contributed by atoms with E-state index in [0.29, 0.717) is 18.1 Å². The molecule has 1 rings (SSSR count). The standard InChI is InChI=1S/C13H20O3/c1-3-4-5-6-7-8-15-12-9-11(2)16-13(14)10-12/h9-10H,3-8H2,1-2H3. The third kappa shape index (κ3) is 5.01. The molecule has 1 aromatic rings. The fraction of sp³-hybridized carbons (Fsp3) is 0.615. The van der Waals surface area contributed by atoms with Gasteiger partial charge in [0.05, 0.1) is 12.7 Å². The zero-order chi connectivity index (χ0) is 11.8. The number of unbranched alkanes of at least 4 members (excludes halogenated alkanes) is 4. The van der Waals surface area contributed by atoms with Gasteiger partial charge in [-0.25, -0.2) is 4.79 Å². The predicted molar refractivity (Wildman–Crippen MR) is 64.0 cm³/mol. The van der Waals surface area contributed by atoms with Gasteiger partial charge in [0.1, 0.15) is 11.5 Å². The Balaban J connectivity index is 2.24. The maximum atomic E-state index is 11.0. The van der Waals surface area contributed by atoms with Crippen molar-refractivity contribution >= 4 is 0 Å². The molecule has 0 atom stereocenters. The van der Waals surface area contributed by atoms with Crippen molar-refractivity contribution < 1.29 is 9.15 Å². The fourth-order valence-corrected chi connectivity index (χ4v) is 1.55. The molecule has 0 bridgehead atoms. The summed E-state index contributed by atoms with van der Waals surface area (Å²) in [7, 11) is 0. The SMILES string of the molecule is CCCCCCCOc1cc(C)oc(=O)c1. The van der Waals surface area contributed by atoms with E-state index in [0.717, 1.165) is 6.42 Å². The molecule has 0 fully saturated rings. The zero-order valence-electron chi connectivity index (χ0n) is 10.1. The molecule has 0 amide bonds. The Labute approximate surface area is 96.4 Å². The third-order valence-corrected chi connectivity index (χ3v) is 2.38. The summed E-state index contributed by atoms with van der Waals surface area (Å²) >= 11 is 0. The Kier molecular flexibility index (Phi) is 5.68. The van der Waals surface area contributed by atoms with Crippen molar-refractivity contribution in [2.45, 2.75) is 46.0 Å². The normalized spacial score (nSPS) is 10.4. The highest BCUT2D eigenvalue weighted by Gasteiger charge is 1.98. The summed E-state index contributed by atoms with van der Waals surface area (Å²) in [6, 6.07) is 3.13. The van der Waals surface area contributed by atoms with Crippen molar-refractivity contribution in [3.63, 3.8) is 0 Å². The molecule has 0 unspecified atom stereocenters. The number of aryl methyl sites for hydroxylation is 1. The Morgan fingerprint density at radius 2 is 1.94 bits per heavy atom. The van der Waals surface area contributed by atoms with Gasteiger partial charge in [-0.15, -0.1) is 0 Å². The van der Waals surface area contributed by atoms with E-state index in [1.54, 1.807) is 13.0 Å². The van der Waals surface area contributed by atoms with Gasteiger partial charge in [-0.2, -0.15) is 0 Å². The van der Waals surface area contributed by atoms with E-state index in [1.165, 1.54) is 31.7 Å². The predicted octanol–water partition coefficient (Wildman–Crippen LogP) is 3.30. The minimum absolute atomic E-state index is 0.346. The molecular weight excluding hydrogens is 204 g/mol. The van der Waals surface area contributed by atoms with E-state index in [4.69, 9.17) is 9.15 Å². The van der Waals surface area contributed by atoms with Crippen LogP contribution < -0.4 is 10.4 Å². The lowest BCUT2D eigenvalue weighted by atomic mass is 10.2. The van der Waals surface area contributed by atoms with Gasteiger partial charge in [0.15, 0.2) is 0 Å². The first kappa shape index (κ1) is 12.8. The Bertz CT molecular complexity index is 354. The second-order valence-electron chi connectivity index (χ2n) is 3.99. The monoisotopic (exact) mass is 224 g/mol. The van der Waals surface area contributed by atoms with Crippen molar-refractivity contribution in [3.8, 4) is 5.75 Å². The Hall–Kier alpha value is -1.25. The molecule has 3 heteroatoms. The summed E-state index contributed by atoms with van der Waals surface area (Å²) in [4.78, 5) is 11.0. The maximum absolute atomic E-state index is 11.0. The lowest BCUT2D eigenvalue weighted by Crippen LogP contribution is -2.03. The van der Waals surface area contributed by atoms with Crippen molar-refractivity contribution in [2.75, 3.05) is 6.61 Å². The third-order valence-electron chi connectivity index (χ3n) is 2.38. The Morgan fingerprint density at radius 1 is 1.19 bits per heavy atom. The second-order valence-corrected chi connectivity index (χ2v) is 3.99. The van der Waals surface area contributed by atoms with Crippen LogP contribution in [0.15, 0.2) is 21.3 Å². The quantitative estimate of drug-likeness (QED) is 0.667. The first-order valence-corrected chi connectivity index (χ1v) is 5.97. The molecule has 0 aliphatic carbocycles. The van der Waals surface area contributed by atoms with Gasteiger partial charge >= 0.3 is 5.63 Å². The van der Waals surface area contributed by atoms with Gasteiger partial charge in [0.25, 0.3) is 0 Å². The second kappa shape index (κ2) is 7.09. The van der Waals surface area contributed by atoms with E-state index in [2.05, 4.69) is 6.92 Å². The molecule has 0 N–H and O–H groups in total. The number of ether oxygens (including phenoxy) is 1. The van der Waals surface area contributed by atoms with Gasteiger partial charge in [0, 0.05) is 6.07 Å². The first-order valence-electron chi connectivity index (χ1n) is 5.97. The maximum Gasteiger partial charge on any atom is 0.339 e. The zero-order valence-corrected chi connectivity index (χ0v) is 10.1. The molecule has 1 heterocycles. The summed E-state index contributed by atoms with van der Waals surface area (Å²) in [5, 5.41) is 0. The smallest absolute Gasteiger partial charge is 0.339 e. The van der Waals surface area contributed by atoms with E-state index < -0.39 is 0 Å². The number of rotatable bonds is 7. The average molecular weight is 224 g/mol. The van der Waals surface area contributed by atoms with Crippen LogP contribution in [0.4, 0.5) is 0 Å². The van der Waals surface area contributed by atoms with Crippen LogP contribution in [0, 0.1) is 6.92 Å². The molecule has 0 spiro atoms. The molecule has 16 heavy (non-hydrogen) atoms. The van der Waals surface area contributed by atoms with Crippen molar-refractivity contribution in [1.82, 2.24) is 0 Å². The van der Waals surface area contributed by atoms with E-state index in [9.17, 15) is 4.79 Å². The number of hydrogen-bond acceptors (Lipinski definition) is 3.